The van der Waals surface area contributed by atoms with Crippen LogP contribution in [-0.2, 0) is 22.7 Å². The second kappa shape index (κ2) is 9.33. The number of sulfonamides is 1. The molecular weight excluding hydrogens is 545 g/mol. The van der Waals surface area contributed by atoms with Gasteiger partial charge in [0.25, 0.3) is 15.9 Å². The van der Waals surface area contributed by atoms with Crippen LogP contribution in [0.25, 0.3) is 11.3 Å². The SMILES string of the molecule is Cc1ccccc1-c1nc2nc(c1C(F)(F)F)OC1CN(Cc3ccccc31)C(=O)c1cccc(c1)S(=O)(=O)N2. The molecule has 0 aliphatic carbocycles. The summed E-state index contributed by atoms with van der Waals surface area (Å²) in [4.78, 5) is 22.6. The number of alkyl halides is 3. The van der Waals surface area contributed by atoms with Crippen LogP contribution in [0.2, 0.25) is 0 Å². The molecule has 6 bridgehead atoms. The molecule has 1 unspecified atom stereocenters. The molecule has 0 spiro atoms. The van der Waals surface area contributed by atoms with Gasteiger partial charge in [-0.15, -0.1) is 0 Å². The third kappa shape index (κ3) is 4.53. The number of aryl methyl sites for hydroxylation is 1. The van der Waals surface area contributed by atoms with E-state index in [0.29, 0.717) is 16.7 Å². The summed E-state index contributed by atoms with van der Waals surface area (Å²) in [5.41, 5.74) is 0.221. The molecule has 1 amide bonds. The average Bonchev–Trinajstić information content (AvgIpc) is 2.91. The van der Waals surface area contributed by atoms with Crippen molar-refractivity contribution >= 4 is 21.9 Å². The highest BCUT2D eigenvalue weighted by Crippen LogP contribution is 2.44. The molecule has 12 heteroatoms. The molecule has 0 saturated heterocycles. The Morgan fingerprint density at radius 1 is 1.00 bits per heavy atom. The van der Waals surface area contributed by atoms with Crippen molar-refractivity contribution in [3.05, 3.63) is 101 Å². The Morgan fingerprint density at radius 2 is 1.75 bits per heavy atom. The molecule has 1 N–H and O–H groups in total. The molecule has 0 fully saturated rings. The lowest BCUT2D eigenvalue weighted by atomic mass is 9.96. The van der Waals surface area contributed by atoms with Crippen molar-refractivity contribution in [2.45, 2.75) is 30.6 Å². The number of hydrogen-bond donors (Lipinski definition) is 1. The zero-order valence-corrected chi connectivity index (χ0v) is 21.8. The molecule has 6 rings (SSSR count). The molecule has 40 heavy (non-hydrogen) atoms. The molecule has 3 heterocycles. The van der Waals surface area contributed by atoms with Crippen LogP contribution in [0.4, 0.5) is 19.1 Å². The summed E-state index contributed by atoms with van der Waals surface area (Å²) in [7, 11) is -4.40. The third-order valence-corrected chi connectivity index (χ3v) is 8.19. The van der Waals surface area contributed by atoms with Crippen molar-refractivity contribution in [1.82, 2.24) is 14.9 Å². The largest absolute Gasteiger partial charge is 0.467 e. The van der Waals surface area contributed by atoms with Gasteiger partial charge < -0.3 is 9.64 Å². The number of anilines is 1. The number of amides is 1. The lowest BCUT2D eigenvalue weighted by molar-refractivity contribution is -0.139. The van der Waals surface area contributed by atoms with E-state index < -0.39 is 51.3 Å². The fraction of sp³-hybridized carbons (Fsp3) is 0.179. The van der Waals surface area contributed by atoms with E-state index in [-0.39, 0.29) is 29.1 Å². The normalized spacial score (nSPS) is 17.9. The number of nitrogens with one attached hydrogen (secondary N) is 1. The summed E-state index contributed by atoms with van der Waals surface area (Å²) < 4.78 is 78.9. The Labute approximate surface area is 227 Å². The van der Waals surface area contributed by atoms with Gasteiger partial charge >= 0.3 is 6.18 Å². The van der Waals surface area contributed by atoms with E-state index in [1.54, 1.807) is 49.4 Å². The van der Waals surface area contributed by atoms with Crippen LogP contribution in [0.5, 0.6) is 5.88 Å². The fourth-order valence-electron chi connectivity index (χ4n) is 4.97. The number of halogens is 3. The maximum Gasteiger partial charge on any atom is 0.423 e. The zero-order chi connectivity index (χ0) is 28.2. The Morgan fingerprint density at radius 3 is 2.52 bits per heavy atom. The van der Waals surface area contributed by atoms with Gasteiger partial charge in [-0.3, -0.25) is 4.79 Å². The van der Waals surface area contributed by atoms with Crippen LogP contribution >= 0.6 is 0 Å². The number of carbonyl (C=O) groups is 1. The summed E-state index contributed by atoms with van der Waals surface area (Å²) in [6, 6.07) is 18.7. The third-order valence-electron chi connectivity index (χ3n) is 6.87. The Bertz CT molecular complexity index is 1780. The van der Waals surface area contributed by atoms with E-state index in [2.05, 4.69) is 14.7 Å². The van der Waals surface area contributed by atoms with Gasteiger partial charge in [-0.25, -0.2) is 18.1 Å². The first-order valence-electron chi connectivity index (χ1n) is 12.2. The molecule has 2 aliphatic heterocycles. The van der Waals surface area contributed by atoms with Gasteiger partial charge in [0.1, 0.15) is 11.7 Å². The van der Waals surface area contributed by atoms with E-state index >= 15 is 0 Å². The van der Waals surface area contributed by atoms with Crippen LogP contribution in [0, 0.1) is 6.92 Å². The Balaban J connectivity index is 1.65. The van der Waals surface area contributed by atoms with Crippen LogP contribution in [0.3, 0.4) is 0 Å². The van der Waals surface area contributed by atoms with Crippen molar-refractivity contribution in [3.8, 4) is 17.1 Å². The van der Waals surface area contributed by atoms with Crippen molar-refractivity contribution in [1.29, 1.82) is 0 Å². The quantitative estimate of drug-likeness (QED) is 0.333. The first-order chi connectivity index (χ1) is 19.0. The van der Waals surface area contributed by atoms with Crippen LogP contribution in [0.1, 0.15) is 38.7 Å². The predicted octanol–water partition coefficient (Wildman–Crippen LogP) is 5.36. The summed E-state index contributed by atoms with van der Waals surface area (Å²) in [5, 5.41) is 0. The van der Waals surface area contributed by atoms with Gasteiger partial charge in [-0.1, -0.05) is 54.6 Å². The summed E-state index contributed by atoms with van der Waals surface area (Å²) in [6.07, 6.45) is -5.99. The lowest BCUT2D eigenvalue weighted by Crippen LogP contribution is -2.40. The Kier molecular flexibility index (Phi) is 6.02. The number of rotatable bonds is 1. The smallest absolute Gasteiger partial charge is 0.423 e. The van der Waals surface area contributed by atoms with E-state index in [4.69, 9.17) is 4.74 Å². The fourth-order valence-corrected chi connectivity index (χ4v) is 5.96. The topological polar surface area (TPSA) is 101 Å². The number of nitrogens with zero attached hydrogens (tertiary/aromatic N) is 3. The summed E-state index contributed by atoms with van der Waals surface area (Å²) in [6.45, 7) is 1.70. The van der Waals surface area contributed by atoms with Gasteiger partial charge in [-0.2, -0.15) is 18.2 Å². The van der Waals surface area contributed by atoms with E-state index in [1.807, 2.05) is 0 Å². The number of fused-ring (bicyclic) bond motifs is 8. The van der Waals surface area contributed by atoms with Crippen molar-refractivity contribution in [2.75, 3.05) is 11.3 Å². The minimum Gasteiger partial charge on any atom is -0.467 e. The highest BCUT2D eigenvalue weighted by Gasteiger charge is 2.42. The zero-order valence-electron chi connectivity index (χ0n) is 20.9. The lowest BCUT2D eigenvalue weighted by Gasteiger charge is -2.35. The molecule has 0 radical (unpaired) electrons. The molecule has 1 atom stereocenters. The van der Waals surface area contributed by atoms with Gasteiger partial charge in [0.15, 0.2) is 0 Å². The van der Waals surface area contributed by atoms with Crippen LogP contribution in [0.15, 0.2) is 77.7 Å². The number of aromatic nitrogens is 2. The summed E-state index contributed by atoms with van der Waals surface area (Å²) in [5.74, 6) is -1.94. The highest BCUT2D eigenvalue weighted by atomic mass is 32.2. The average molecular weight is 567 g/mol. The second-order valence-corrected chi connectivity index (χ2v) is 11.2. The van der Waals surface area contributed by atoms with Crippen molar-refractivity contribution in [3.63, 3.8) is 0 Å². The van der Waals surface area contributed by atoms with Gasteiger partial charge in [-0.05, 0) is 41.8 Å². The van der Waals surface area contributed by atoms with Gasteiger partial charge in [0.2, 0.25) is 11.8 Å². The van der Waals surface area contributed by atoms with Crippen LogP contribution in [-0.4, -0.2) is 35.7 Å². The van der Waals surface area contributed by atoms with E-state index in [0.717, 1.165) is 0 Å². The first kappa shape index (κ1) is 25.8. The Hall–Kier alpha value is -4.45. The highest BCUT2D eigenvalue weighted by molar-refractivity contribution is 7.92. The number of benzene rings is 3. The predicted molar refractivity (Wildman–Crippen MR) is 139 cm³/mol. The number of ether oxygens (including phenoxy) is 1. The maximum absolute atomic E-state index is 14.7. The number of hydrogen-bond acceptors (Lipinski definition) is 6. The molecule has 1 aromatic heterocycles. The van der Waals surface area contributed by atoms with Gasteiger partial charge in [0.05, 0.1) is 17.1 Å². The molecule has 0 saturated carbocycles. The monoisotopic (exact) mass is 566 g/mol. The second-order valence-electron chi connectivity index (χ2n) is 9.51. The van der Waals surface area contributed by atoms with Crippen molar-refractivity contribution in [2.24, 2.45) is 0 Å². The molecule has 3 aromatic carbocycles. The first-order valence-corrected chi connectivity index (χ1v) is 13.7. The molecule has 4 aromatic rings. The van der Waals surface area contributed by atoms with Crippen LogP contribution < -0.4 is 9.46 Å². The molecular formula is C28H21F3N4O4S. The van der Waals surface area contributed by atoms with Gasteiger partial charge in [0, 0.05) is 17.7 Å². The minimum atomic E-state index is -4.96. The molecule has 8 nitrogen and oxygen atoms in total. The van der Waals surface area contributed by atoms with Crippen molar-refractivity contribution < 1.29 is 31.1 Å². The summed E-state index contributed by atoms with van der Waals surface area (Å²) >= 11 is 0. The maximum atomic E-state index is 14.7. The molecule has 2 aliphatic rings. The standard InChI is InChI=1S/C28H21F3N4O4S/c1-16-7-2-4-11-20(16)24-23(28(29,30)31)25-33-27(32-24)34-40(37,38)19-10-6-9-17(13-19)26(36)35-14-18-8-3-5-12-21(18)22(15-35)39-25/h2-13,22H,14-15H2,1H3,(H,32,33,34). The van der Waals surface area contributed by atoms with E-state index in [1.165, 1.54) is 35.2 Å². The minimum absolute atomic E-state index is 0.0867. The number of carbonyl (C=O) groups excluding carboxylic acids is 1. The molecule has 204 valence electrons. The van der Waals surface area contributed by atoms with E-state index in [9.17, 15) is 26.4 Å².